The van der Waals surface area contributed by atoms with E-state index in [1.54, 1.807) is 42.5 Å². The fraction of sp³-hybridized carbons (Fsp3) is 0.0909. The number of anilines is 2. The number of benzene rings is 3. The zero-order valence-electron chi connectivity index (χ0n) is 15.2. The molecule has 0 spiro atoms. The number of nitrogens with one attached hydrogen (secondary N) is 2. The molecule has 0 bridgehead atoms. The van der Waals surface area contributed by atoms with E-state index in [2.05, 4.69) is 10.6 Å². The van der Waals surface area contributed by atoms with Gasteiger partial charge < -0.3 is 15.4 Å². The first kappa shape index (κ1) is 19.5. The van der Waals surface area contributed by atoms with Crippen LogP contribution in [-0.4, -0.2) is 11.8 Å². The van der Waals surface area contributed by atoms with Crippen LogP contribution in [0.2, 0.25) is 5.02 Å². The van der Waals surface area contributed by atoms with Gasteiger partial charge in [0.2, 0.25) is 11.8 Å². The van der Waals surface area contributed by atoms with E-state index in [1.807, 2.05) is 37.3 Å². The lowest BCUT2D eigenvalue weighted by Crippen LogP contribution is -2.21. The monoisotopic (exact) mass is 394 g/mol. The summed E-state index contributed by atoms with van der Waals surface area (Å²) in [6.07, 6.45) is -0.298. The van der Waals surface area contributed by atoms with E-state index in [-0.39, 0.29) is 6.42 Å². The molecule has 3 aromatic rings. The van der Waals surface area contributed by atoms with Gasteiger partial charge in [0.25, 0.3) is 0 Å². The van der Waals surface area contributed by atoms with Crippen molar-refractivity contribution in [3.05, 3.63) is 83.4 Å². The van der Waals surface area contributed by atoms with Crippen LogP contribution in [0.15, 0.2) is 72.8 Å². The second kappa shape index (κ2) is 9.06. The molecule has 2 N–H and O–H groups in total. The summed E-state index contributed by atoms with van der Waals surface area (Å²) >= 11 is 6.03. The fourth-order valence-electron chi connectivity index (χ4n) is 2.46. The highest BCUT2D eigenvalue weighted by Crippen LogP contribution is 2.23. The first-order chi connectivity index (χ1) is 13.5. The van der Waals surface area contributed by atoms with Gasteiger partial charge in [0.1, 0.15) is 17.9 Å². The van der Waals surface area contributed by atoms with Crippen LogP contribution < -0.4 is 15.4 Å². The molecule has 142 valence electrons. The van der Waals surface area contributed by atoms with Crippen molar-refractivity contribution >= 4 is 34.8 Å². The van der Waals surface area contributed by atoms with Gasteiger partial charge in [-0.2, -0.15) is 0 Å². The lowest BCUT2D eigenvalue weighted by Gasteiger charge is -2.09. The number of hydrogen-bond acceptors (Lipinski definition) is 3. The first-order valence-corrected chi connectivity index (χ1v) is 9.06. The maximum absolute atomic E-state index is 12.1. The van der Waals surface area contributed by atoms with E-state index in [0.29, 0.717) is 22.1 Å². The summed E-state index contributed by atoms with van der Waals surface area (Å²) in [5.74, 6) is 0.555. The second-order valence-electron chi connectivity index (χ2n) is 6.18. The number of carbonyl (C=O) groups excluding carboxylic acids is 2. The Morgan fingerprint density at radius 2 is 1.39 bits per heavy atom. The Balaban J connectivity index is 1.51. The van der Waals surface area contributed by atoms with Crippen molar-refractivity contribution in [2.24, 2.45) is 0 Å². The minimum Gasteiger partial charge on any atom is -0.457 e. The molecule has 3 rings (SSSR count). The molecule has 0 heterocycles. The summed E-state index contributed by atoms with van der Waals surface area (Å²) < 4.78 is 5.70. The van der Waals surface area contributed by atoms with Crippen LogP contribution in [0.3, 0.4) is 0 Å². The fourth-order valence-corrected chi connectivity index (χ4v) is 2.64. The third-order valence-electron chi connectivity index (χ3n) is 3.89. The molecule has 0 atom stereocenters. The zero-order chi connectivity index (χ0) is 19.9. The Bertz CT molecular complexity index is 973. The number of carbonyl (C=O) groups is 2. The van der Waals surface area contributed by atoms with Gasteiger partial charge in [0.15, 0.2) is 0 Å². The van der Waals surface area contributed by atoms with Crippen molar-refractivity contribution < 1.29 is 14.3 Å². The Morgan fingerprint density at radius 1 is 0.821 bits per heavy atom. The number of aryl methyl sites for hydroxylation is 1. The average molecular weight is 395 g/mol. The number of para-hydroxylation sites is 1. The number of halogens is 1. The SMILES string of the molecule is Cc1ccc(NC(=O)CC(=O)Nc2ccc(Oc3ccccc3)cc2)cc1Cl. The van der Waals surface area contributed by atoms with Crippen LogP contribution in [-0.2, 0) is 9.59 Å². The van der Waals surface area contributed by atoms with Gasteiger partial charge in [-0.3, -0.25) is 9.59 Å². The lowest BCUT2D eigenvalue weighted by atomic mass is 10.2. The quantitative estimate of drug-likeness (QED) is 0.549. The molecule has 28 heavy (non-hydrogen) atoms. The van der Waals surface area contributed by atoms with Crippen molar-refractivity contribution in [2.45, 2.75) is 13.3 Å². The molecule has 2 amide bonds. The molecule has 0 fully saturated rings. The molecule has 0 saturated heterocycles. The first-order valence-electron chi connectivity index (χ1n) is 8.68. The summed E-state index contributed by atoms with van der Waals surface area (Å²) in [5, 5.41) is 5.90. The van der Waals surface area contributed by atoms with Crippen molar-refractivity contribution in [3.63, 3.8) is 0 Å². The van der Waals surface area contributed by atoms with Crippen molar-refractivity contribution in [3.8, 4) is 11.5 Å². The largest absolute Gasteiger partial charge is 0.457 e. The van der Waals surface area contributed by atoms with Gasteiger partial charge in [-0.1, -0.05) is 35.9 Å². The van der Waals surface area contributed by atoms with Crippen LogP contribution in [0.1, 0.15) is 12.0 Å². The molecule has 0 saturated carbocycles. The van der Waals surface area contributed by atoms with E-state index in [1.165, 1.54) is 0 Å². The maximum Gasteiger partial charge on any atom is 0.233 e. The molecule has 3 aromatic carbocycles. The minimum absolute atomic E-state index is 0.298. The maximum atomic E-state index is 12.1. The number of ether oxygens (including phenoxy) is 1. The van der Waals surface area contributed by atoms with Crippen LogP contribution >= 0.6 is 11.6 Å². The third kappa shape index (κ3) is 5.59. The predicted octanol–water partition coefficient (Wildman–Crippen LogP) is 5.41. The normalized spacial score (nSPS) is 10.2. The van der Waals surface area contributed by atoms with Gasteiger partial charge in [0.05, 0.1) is 0 Å². The highest BCUT2D eigenvalue weighted by Gasteiger charge is 2.11. The smallest absolute Gasteiger partial charge is 0.233 e. The topological polar surface area (TPSA) is 67.4 Å². The number of hydrogen-bond donors (Lipinski definition) is 2. The average Bonchev–Trinajstić information content (AvgIpc) is 2.67. The highest BCUT2D eigenvalue weighted by atomic mass is 35.5. The summed E-state index contributed by atoms with van der Waals surface area (Å²) in [6, 6.07) is 21.5. The van der Waals surface area contributed by atoms with E-state index >= 15 is 0 Å². The lowest BCUT2D eigenvalue weighted by molar-refractivity contribution is -0.123. The highest BCUT2D eigenvalue weighted by molar-refractivity contribution is 6.31. The standard InChI is InChI=1S/C22H19ClN2O3/c1-15-7-8-17(13-20(15)23)25-22(27)14-21(26)24-16-9-11-19(12-10-16)28-18-5-3-2-4-6-18/h2-13H,14H2,1H3,(H,24,26)(H,25,27). The van der Waals surface area contributed by atoms with E-state index in [4.69, 9.17) is 16.3 Å². The molecule has 0 unspecified atom stereocenters. The van der Waals surface area contributed by atoms with Crippen molar-refractivity contribution in [1.82, 2.24) is 0 Å². The van der Waals surface area contributed by atoms with Crippen LogP contribution in [0.5, 0.6) is 11.5 Å². The van der Waals surface area contributed by atoms with Crippen LogP contribution in [0, 0.1) is 6.92 Å². The van der Waals surface area contributed by atoms with Crippen LogP contribution in [0.25, 0.3) is 0 Å². The van der Waals surface area contributed by atoms with Gasteiger partial charge in [-0.25, -0.2) is 0 Å². The van der Waals surface area contributed by atoms with Gasteiger partial charge in [0, 0.05) is 16.4 Å². The zero-order valence-corrected chi connectivity index (χ0v) is 16.0. The molecule has 0 aromatic heterocycles. The minimum atomic E-state index is -0.415. The Labute approximate surface area is 168 Å². The van der Waals surface area contributed by atoms with Crippen molar-refractivity contribution in [2.75, 3.05) is 10.6 Å². The van der Waals surface area contributed by atoms with Gasteiger partial charge >= 0.3 is 0 Å². The Hall–Kier alpha value is -3.31. The summed E-state index contributed by atoms with van der Waals surface area (Å²) in [6.45, 7) is 1.87. The van der Waals surface area contributed by atoms with Gasteiger partial charge in [-0.15, -0.1) is 0 Å². The van der Waals surface area contributed by atoms with E-state index in [0.717, 1.165) is 11.3 Å². The summed E-state index contributed by atoms with van der Waals surface area (Å²) in [5.41, 5.74) is 2.05. The summed E-state index contributed by atoms with van der Waals surface area (Å²) in [4.78, 5) is 24.1. The molecular formula is C22H19ClN2O3. The molecule has 0 aliphatic heterocycles. The molecule has 6 heteroatoms. The molecule has 5 nitrogen and oxygen atoms in total. The van der Waals surface area contributed by atoms with Crippen molar-refractivity contribution in [1.29, 1.82) is 0 Å². The Kier molecular flexibility index (Phi) is 6.29. The number of rotatable bonds is 6. The molecule has 0 aliphatic rings. The number of amides is 2. The van der Waals surface area contributed by atoms with E-state index < -0.39 is 11.8 Å². The summed E-state index contributed by atoms with van der Waals surface area (Å²) in [7, 11) is 0. The third-order valence-corrected chi connectivity index (χ3v) is 4.30. The second-order valence-corrected chi connectivity index (χ2v) is 6.58. The van der Waals surface area contributed by atoms with Crippen LogP contribution in [0.4, 0.5) is 11.4 Å². The predicted molar refractivity (Wildman–Crippen MR) is 111 cm³/mol. The van der Waals surface area contributed by atoms with Gasteiger partial charge in [-0.05, 0) is 61.0 Å². The van der Waals surface area contributed by atoms with E-state index in [9.17, 15) is 9.59 Å². The molecule has 0 aliphatic carbocycles. The molecular weight excluding hydrogens is 376 g/mol. The molecule has 0 radical (unpaired) electrons. The Morgan fingerprint density at radius 3 is 2.04 bits per heavy atom.